The molecule has 5 heteroatoms. The Balaban J connectivity index is 1.78. The molecular weight excluding hydrogens is 312 g/mol. The highest BCUT2D eigenvalue weighted by molar-refractivity contribution is 5.98. The van der Waals surface area contributed by atoms with Crippen LogP contribution in [0.2, 0.25) is 0 Å². The van der Waals surface area contributed by atoms with Crippen LogP contribution in [0, 0.1) is 6.92 Å². The van der Waals surface area contributed by atoms with Crippen LogP contribution in [0.5, 0.6) is 0 Å². The number of pyridine rings is 1. The molecule has 1 unspecified atom stereocenters. The number of nitrogens with two attached hydrogens (primary N) is 1. The number of rotatable bonds is 3. The summed E-state index contributed by atoms with van der Waals surface area (Å²) in [6.07, 6.45) is 9.02. The zero-order chi connectivity index (χ0) is 17.2. The number of anilines is 1. The fraction of sp³-hybridized carbons (Fsp3) is 0.300. The first-order valence-corrected chi connectivity index (χ1v) is 8.71. The Kier molecular flexibility index (Phi) is 4.24. The second-order valence-electron chi connectivity index (χ2n) is 6.48. The van der Waals surface area contributed by atoms with Crippen LogP contribution >= 0.6 is 0 Å². The average Bonchev–Trinajstić information content (AvgIpc) is 3.01. The number of benzene rings is 1. The van der Waals surface area contributed by atoms with Crippen LogP contribution in [0.1, 0.15) is 42.4 Å². The van der Waals surface area contributed by atoms with Gasteiger partial charge < -0.3 is 10.5 Å². The molecule has 0 spiro atoms. The molecule has 1 aromatic carbocycles. The molecule has 0 bridgehead atoms. The fourth-order valence-electron chi connectivity index (χ4n) is 3.32. The molecule has 3 aromatic rings. The zero-order valence-corrected chi connectivity index (χ0v) is 14.4. The number of aryl methyl sites for hydroxylation is 1. The third-order valence-electron chi connectivity index (χ3n) is 4.57. The fourth-order valence-corrected chi connectivity index (χ4v) is 3.32. The molecule has 5 nitrogen and oxygen atoms in total. The number of ether oxygens (including phenoxy) is 1. The second-order valence-corrected chi connectivity index (χ2v) is 6.48. The van der Waals surface area contributed by atoms with Gasteiger partial charge in [-0.1, -0.05) is 6.07 Å². The molecule has 128 valence electrons. The van der Waals surface area contributed by atoms with E-state index >= 15 is 0 Å². The van der Waals surface area contributed by atoms with Gasteiger partial charge in [0.1, 0.15) is 0 Å². The lowest BCUT2D eigenvalue weighted by Gasteiger charge is -2.23. The van der Waals surface area contributed by atoms with Gasteiger partial charge in [-0.25, -0.2) is 4.68 Å². The van der Waals surface area contributed by atoms with Crippen molar-refractivity contribution in [2.24, 2.45) is 0 Å². The summed E-state index contributed by atoms with van der Waals surface area (Å²) in [5.74, 6) is 0. The molecule has 1 saturated heterocycles. The van der Waals surface area contributed by atoms with Crippen molar-refractivity contribution in [2.75, 3.05) is 12.3 Å². The van der Waals surface area contributed by atoms with Crippen molar-refractivity contribution in [1.29, 1.82) is 0 Å². The van der Waals surface area contributed by atoms with Crippen molar-refractivity contribution in [3.63, 3.8) is 0 Å². The minimum Gasteiger partial charge on any atom is -0.398 e. The predicted octanol–water partition coefficient (Wildman–Crippen LogP) is 4.19. The van der Waals surface area contributed by atoms with E-state index < -0.39 is 0 Å². The number of hydrogen-bond donors (Lipinski definition) is 1. The maximum atomic E-state index is 6.25. The summed E-state index contributed by atoms with van der Waals surface area (Å²) in [5.41, 5.74) is 10.9. The molecule has 0 saturated carbocycles. The Bertz CT molecular complexity index is 923. The summed E-state index contributed by atoms with van der Waals surface area (Å²) in [5, 5.41) is 5.78. The van der Waals surface area contributed by atoms with Crippen molar-refractivity contribution in [3.05, 3.63) is 53.5 Å². The Morgan fingerprint density at radius 2 is 2.16 bits per heavy atom. The Hall–Kier alpha value is -2.66. The molecule has 25 heavy (non-hydrogen) atoms. The Morgan fingerprint density at radius 1 is 1.24 bits per heavy atom. The lowest BCUT2D eigenvalue weighted by Crippen LogP contribution is -2.19. The van der Waals surface area contributed by atoms with Crippen molar-refractivity contribution >= 4 is 28.7 Å². The molecule has 2 aromatic heterocycles. The van der Waals surface area contributed by atoms with Crippen LogP contribution in [0.15, 0.2) is 36.5 Å². The van der Waals surface area contributed by atoms with Gasteiger partial charge in [0, 0.05) is 18.5 Å². The molecule has 1 fully saturated rings. The monoisotopic (exact) mass is 334 g/mol. The average molecular weight is 334 g/mol. The number of nitrogens with zero attached hydrogens (tertiary/aromatic N) is 3. The van der Waals surface area contributed by atoms with Crippen LogP contribution in [0.4, 0.5) is 5.69 Å². The van der Waals surface area contributed by atoms with E-state index in [0.29, 0.717) is 0 Å². The van der Waals surface area contributed by atoms with E-state index in [1.54, 1.807) is 0 Å². The van der Waals surface area contributed by atoms with Gasteiger partial charge in [-0.15, -0.1) is 0 Å². The first-order valence-electron chi connectivity index (χ1n) is 8.71. The molecule has 3 heterocycles. The molecule has 1 aliphatic rings. The van der Waals surface area contributed by atoms with E-state index in [9.17, 15) is 0 Å². The van der Waals surface area contributed by atoms with E-state index in [4.69, 9.17) is 15.6 Å². The zero-order valence-electron chi connectivity index (χ0n) is 14.4. The van der Waals surface area contributed by atoms with Gasteiger partial charge in [0.25, 0.3) is 0 Å². The number of nitrogen functional groups attached to an aromatic ring is 1. The largest absolute Gasteiger partial charge is 0.398 e. The minimum atomic E-state index is -0.0164. The molecular formula is C20H22N4O. The second kappa shape index (κ2) is 6.69. The number of hydrogen-bond acceptors (Lipinski definition) is 4. The van der Waals surface area contributed by atoms with Gasteiger partial charge in [-0.2, -0.15) is 5.10 Å². The van der Waals surface area contributed by atoms with Gasteiger partial charge in [-0.3, -0.25) is 4.98 Å². The highest BCUT2D eigenvalue weighted by Gasteiger charge is 2.21. The summed E-state index contributed by atoms with van der Waals surface area (Å²) in [6.45, 7) is 2.84. The Labute approximate surface area is 147 Å². The van der Waals surface area contributed by atoms with Crippen LogP contribution in [0.25, 0.3) is 23.1 Å². The molecule has 0 radical (unpaired) electrons. The standard InChI is InChI=1S/C20H22N4O/c1-14-10-11-22-15(13-14)8-9-17-20-16(21)5-4-6-18(20)24(23-17)19-7-2-3-12-25-19/h4-6,8-11,13,19H,2-3,7,12,21H2,1H3. The number of aromatic nitrogens is 3. The van der Waals surface area contributed by atoms with Crippen LogP contribution < -0.4 is 5.73 Å². The van der Waals surface area contributed by atoms with E-state index in [0.717, 1.165) is 53.8 Å². The topological polar surface area (TPSA) is 66.0 Å². The highest BCUT2D eigenvalue weighted by atomic mass is 16.5. The first-order chi connectivity index (χ1) is 12.2. The summed E-state index contributed by atoms with van der Waals surface area (Å²) in [7, 11) is 0. The summed E-state index contributed by atoms with van der Waals surface area (Å²) in [4.78, 5) is 4.38. The SMILES string of the molecule is Cc1ccnc(C=Cc2nn(C3CCCCO3)c3cccc(N)c23)c1. The lowest BCUT2D eigenvalue weighted by atomic mass is 10.1. The molecule has 1 atom stereocenters. The molecule has 0 amide bonds. The van der Waals surface area contributed by atoms with Gasteiger partial charge in [0.15, 0.2) is 6.23 Å². The van der Waals surface area contributed by atoms with Crippen molar-refractivity contribution in [3.8, 4) is 0 Å². The van der Waals surface area contributed by atoms with Gasteiger partial charge in [0.05, 0.1) is 22.3 Å². The summed E-state index contributed by atoms with van der Waals surface area (Å²) >= 11 is 0. The Morgan fingerprint density at radius 3 is 2.96 bits per heavy atom. The van der Waals surface area contributed by atoms with Gasteiger partial charge in [0.2, 0.25) is 0 Å². The van der Waals surface area contributed by atoms with Crippen molar-refractivity contribution in [2.45, 2.75) is 32.4 Å². The van der Waals surface area contributed by atoms with E-state index in [1.807, 2.05) is 47.3 Å². The maximum absolute atomic E-state index is 6.25. The molecule has 0 aliphatic carbocycles. The van der Waals surface area contributed by atoms with Gasteiger partial charge >= 0.3 is 0 Å². The highest BCUT2D eigenvalue weighted by Crippen LogP contribution is 2.31. The maximum Gasteiger partial charge on any atom is 0.150 e. The van der Waals surface area contributed by atoms with Gasteiger partial charge in [-0.05, 0) is 68.2 Å². The summed E-state index contributed by atoms with van der Waals surface area (Å²) in [6, 6.07) is 9.97. The first kappa shape index (κ1) is 15.8. The lowest BCUT2D eigenvalue weighted by molar-refractivity contribution is -0.0367. The van der Waals surface area contributed by atoms with Crippen molar-refractivity contribution < 1.29 is 4.74 Å². The van der Waals surface area contributed by atoms with Crippen LogP contribution in [0.3, 0.4) is 0 Å². The smallest absolute Gasteiger partial charge is 0.150 e. The number of fused-ring (bicyclic) bond motifs is 1. The third kappa shape index (κ3) is 3.15. The normalized spacial score (nSPS) is 18.2. The van der Waals surface area contributed by atoms with E-state index in [2.05, 4.69) is 18.0 Å². The molecule has 1 aliphatic heterocycles. The van der Waals surface area contributed by atoms with Crippen LogP contribution in [-0.4, -0.2) is 21.4 Å². The quantitative estimate of drug-likeness (QED) is 0.729. The third-order valence-corrected chi connectivity index (χ3v) is 4.57. The molecule has 2 N–H and O–H groups in total. The molecule has 4 rings (SSSR count). The van der Waals surface area contributed by atoms with Crippen LogP contribution in [-0.2, 0) is 4.74 Å². The van der Waals surface area contributed by atoms with Crippen molar-refractivity contribution in [1.82, 2.24) is 14.8 Å². The van der Waals surface area contributed by atoms with E-state index in [1.165, 1.54) is 5.56 Å². The predicted molar refractivity (Wildman–Crippen MR) is 101 cm³/mol. The summed E-state index contributed by atoms with van der Waals surface area (Å²) < 4.78 is 7.91. The van der Waals surface area contributed by atoms with E-state index in [-0.39, 0.29) is 6.23 Å². The minimum absolute atomic E-state index is 0.0164.